The number of nitrogens with one attached hydrogen (secondary N) is 1. The fourth-order valence-corrected chi connectivity index (χ4v) is 4.88. The molecule has 0 fully saturated rings. The zero-order chi connectivity index (χ0) is 24.3. The number of hydrogen-bond donors (Lipinski definition) is 1. The van der Waals surface area contributed by atoms with Gasteiger partial charge in [-0.3, -0.25) is 9.10 Å². The van der Waals surface area contributed by atoms with Gasteiger partial charge in [0.15, 0.2) is 0 Å². The van der Waals surface area contributed by atoms with Gasteiger partial charge in [0.25, 0.3) is 5.91 Å². The third kappa shape index (κ3) is 6.23. The summed E-state index contributed by atoms with van der Waals surface area (Å²) in [5, 5.41) is 3.06. The average Bonchev–Trinajstić information content (AvgIpc) is 2.72. The molecule has 0 saturated carbocycles. The summed E-state index contributed by atoms with van der Waals surface area (Å²) in [6.07, 6.45) is 1.21. The van der Waals surface area contributed by atoms with Gasteiger partial charge in [0, 0.05) is 5.56 Å². The Bertz CT molecular complexity index is 1240. The third-order valence-electron chi connectivity index (χ3n) is 5.69. The maximum atomic E-state index is 12.8. The van der Waals surface area contributed by atoms with Crippen LogP contribution < -0.4 is 9.62 Å². The first-order chi connectivity index (χ1) is 15.4. The highest BCUT2D eigenvalue weighted by atomic mass is 32.2. The van der Waals surface area contributed by atoms with Crippen molar-refractivity contribution in [3.63, 3.8) is 0 Å². The molecule has 0 aliphatic rings. The van der Waals surface area contributed by atoms with E-state index in [2.05, 4.69) is 23.5 Å². The van der Waals surface area contributed by atoms with Crippen molar-refractivity contribution >= 4 is 21.6 Å². The Balaban J connectivity index is 1.77. The second-order valence-electron chi connectivity index (χ2n) is 8.87. The smallest absolute Gasteiger partial charge is 0.251 e. The van der Waals surface area contributed by atoms with Crippen LogP contribution in [0.15, 0.2) is 60.7 Å². The zero-order valence-corrected chi connectivity index (χ0v) is 21.0. The quantitative estimate of drug-likeness (QED) is 0.511. The molecule has 0 aliphatic heterocycles. The van der Waals surface area contributed by atoms with Gasteiger partial charge in [0.05, 0.1) is 24.5 Å². The van der Waals surface area contributed by atoms with Crippen LogP contribution in [-0.2, 0) is 16.6 Å². The summed E-state index contributed by atoms with van der Waals surface area (Å²) >= 11 is 0. The van der Waals surface area contributed by atoms with E-state index in [4.69, 9.17) is 0 Å². The predicted molar refractivity (Wildman–Crippen MR) is 135 cm³/mol. The van der Waals surface area contributed by atoms with E-state index in [1.54, 1.807) is 24.3 Å². The lowest BCUT2D eigenvalue weighted by molar-refractivity contribution is 0.0939. The monoisotopic (exact) mass is 464 g/mol. The van der Waals surface area contributed by atoms with Crippen LogP contribution in [0.25, 0.3) is 0 Å². The first-order valence-corrected chi connectivity index (χ1v) is 12.8. The lowest BCUT2D eigenvalue weighted by Gasteiger charge is -2.23. The highest BCUT2D eigenvalue weighted by Gasteiger charge is 2.19. The molecule has 0 saturated heterocycles. The minimum atomic E-state index is -3.48. The Morgan fingerprint density at radius 2 is 1.48 bits per heavy atom. The summed E-state index contributed by atoms with van der Waals surface area (Å²) in [6.45, 7) is 10.1. The van der Waals surface area contributed by atoms with Gasteiger partial charge in [0.1, 0.15) is 0 Å². The fourth-order valence-electron chi connectivity index (χ4n) is 4.01. The first-order valence-electron chi connectivity index (χ1n) is 11.0. The van der Waals surface area contributed by atoms with Gasteiger partial charge in [-0.15, -0.1) is 0 Å². The van der Waals surface area contributed by atoms with Crippen molar-refractivity contribution in [2.75, 3.05) is 10.6 Å². The van der Waals surface area contributed by atoms with Crippen molar-refractivity contribution in [2.24, 2.45) is 0 Å². The Hall–Kier alpha value is -3.12. The lowest BCUT2D eigenvalue weighted by atomic mass is 9.99. The average molecular weight is 465 g/mol. The van der Waals surface area contributed by atoms with Crippen molar-refractivity contribution in [1.82, 2.24) is 5.32 Å². The second-order valence-corrected chi connectivity index (χ2v) is 10.8. The van der Waals surface area contributed by atoms with Gasteiger partial charge in [-0.1, -0.05) is 42.0 Å². The number of carbonyl (C=O) groups is 1. The third-order valence-corrected chi connectivity index (χ3v) is 6.83. The normalized spacial score (nSPS) is 12.3. The number of aryl methyl sites for hydroxylation is 4. The molecule has 0 radical (unpaired) electrons. The van der Waals surface area contributed by atoms with Crippen LogP contribution in [0.5, 0.6) is 0 Å². The van der Waals surface area contributed by atoms with E-state index in [0.29, 0.717) is 11.3 Å². The molecule has 0 spiro atoms. The standard InChI is InChI=1S/C27H32N2O3S/c1-18-7-8-21(4)26(16-18)22(5)28-27(30)24-11-9-23(10-12-24)17-29(33(6,31)32)25-14-19(2)13-20(3)15-25/h7-16,22H,17H2,1-6H3,(H,28,30). The first kappa shape index (κ1) is 24.5. The van der Waals surface area contributed by atoms with Gasteiger partial charge in [-0.05, 0) is 86.7 Å². The van der Waals surface area contributed by atoms with E-state index in [1.165, 1.54) is 10.6 Å². The van der Waals surface area contributed by atoms with E-state index in [9.17, 15) is 13.2 Å². The number of carbonyl (C=O) groups excluding carboxylic acids is 1. The van der Waals surface area contributed by atoms with Gasteiger partial charge in [-0.25, -0.2) is 8.42 Å². The number of anilines is 1. The predicted octanol–water partition coefficient (Wildman–Crippen LogP) is 5.38. The van der Waals surface area contributed by atoms with E-state index >= 15 is 0 Å². The second kappa shape index (κ2) is 9.79. The molecule has 6 heteroatoms. The Labute approximate surface area is 197 Å². The van der Waals surface area contributed by atoms with Crippen LogP contribution in [0.1, 0.15) is 56.7 Å². The van der Waals surface area contributed by atoms with Gasteiger partial charge < -0.3 is 5.32 Å². The number of amides is 1. The van der Waals surface area contributed by atoms with Gasteiger partial charge in [-0.2, -0.15) is 0 Å². The number of hydrogen-bond acceptors (Lipinski definition) is 3. The van der Waals surface area contributed by atoms with E-state index < -0.39 is 10.0 Å². The molecule has 1 N–H and O–H groups in total. The molecule has 0 heterocycles. The van der Waals surface area contributed by atoms with Crippen molar-refractivity contribution in [3.8, 4) is 0 Å². The summed E-state index contributed by atoms with van der Waals surface area (Å²) in [5.41, 5.74) is 7.37. The molecule has 3 aromatic carbocycles. The lowest BCUT2D eigenvalue weighted by Crippen LogP contribution is -2.29. The molecule has 1 unspecified atom stereocenters. The molecule has 1 amide bonds. The molecule has 1 atom stereocenters. The summed E-state index contributed by atoms with van der Waals surface area (Å²) in [5.74, 6) is -0.163. The minimum Gasteiger partial charge on any atom is -0.346 e. The van der Waals surface area contributed by atoms with E-state index in [1.807, 2.05) is 52.8 Å². The van der Waals surface area contributed by atoms with Crippen molar-refractivity contribution in [3.05, 3.63) is 99.6 Å². The molecular formula is C27H32N2O3S. The maximum Gasteiger partial charge on any atom is 0.251 e. The van der Waals surface area contributed by atoms with Gasteiger partial charge >= 0.3 is 0 Å². The van der Waals surface area contributed by atoms with Crippen molar-refractivity contribution in [2.45, 2.75) is 47.2 Å². The zero-order valence-electron chi connectivity index (χ0n) is 20.1. The molecule has 0 bridgehead atoms. The molecule has 0 aliphatic carbocycles. The van der Waals surface area contributed by atoms with Crippen LogP contribution in [0.2, 0.25) is 0 Å². The van der Waals surface area contributed by atoms with E-state index in [0.717, 1.165) is 33.4 Å². The largest absolute Gasteiger partial charge is 0.346 e. The van der Waals surface area contributed by atoms with Crippen LogP contribution in [0.3, 0.4) is 0 Å². The molecule has 174 valence electrons. The van der Waals surface area contributed by atoms with Crippen LogP contribution in [0.4, 0.5) is 5.69 Å². The number of nitrogens with zero attached hydrogens (tertiary/aromatic N) is 1. The van der Waals surface area contributed by atoms with Crippen LogP contribution in [-0.4, -0.2) is 20.6 Å². The van der Waals surface area contributed by atoms with Crippen LogP contribution in [0, 0.1) is 27.7 Å². The maximum absolute atomic E-state index is 12.8. The minimum absolute atomic E-state index is 0.123. The summed E-state index contributed by atoms with van der Waals surface area (Å²) in [4.78, 5) is 12.8. The molecule has 3 rings (SSSR count). The topological polar surface area (TPSA) is 66.5 Å². The number of benzene rings is 3. The molecule has 5 nitrogen and oxygen atoms in total. The number of sulfonamides is 1. The summed E-state index contributed by atoms with van der Waals surface area (Å²) in [7, 11) is -3.48. The Kier molecular flexibility index (Phi) is 7.28. The molecule has 3 aromatic rings. The highest BCUT2D eigenvalue weighted by molar-refractivity contribution is 7.92. The Morgan fingerprint density at radius 1 is 0.879 bits per heavy atom. The molecular weight excluding hydrogens is 432 g/mol. The SMILES string of the molecule is Cc1cc(C)cc(N(Cc2ccc(C(=O)NC(C)c3cc(C)ccc3C)cc2)S(C)(=O)=O)c1. The van der Waals surface area contributed by atoms with Crippen LogP contribution >= 0.6 is 0 Å². The number of rotatable bonds is 7. The molecule has 33 heavy (non-hydrogen) atoms. The Morgan fingerprint density at radius 3 is 2.06 bits per heavy atom. The summed E-state index contributed by atoms with van der Waals surface area (Å²) in [6, 6.07) is 18.9. The highest BCUT2D eigenvalue weighted by Crippen LogP contribution is 2.24. The van der Waals surface area contributed by atoms with Crippen molar-refractivity contribution in [1.29, 1.82) is 0 Å². The molecule has 0 aromatic heterocycles. The summed E-state index contributed by atoms with van der Waals surface area (Å²) < 4.78 is 26.4. The fraction of sp³-hybridized carbons (Fsp3) is 0.296. The van der Waals surface area contributed by atoms with E-state index in [-0.39, 0.29) is 18.5 Å². The van der Waals surface area contributed by atoms with Gasteiger partial charge in [0.2, 0.25) is 10.0 Å². The van der Waals surface area contributed by atoms with Crippen molar-refractivity contribution < 1.29 is 13.2 Å².